The summed E-state index contributed by atoms with van der Waals surface area (Å²) >= 11 is 0. The summed E-state index contributed by atoms with van der Waals surface area (Å²) in [5.41, 5.74) is 0. The monoisotopic (exact) mass is 503 g/mol. The fourth-order valence-corrected chi connectivity index (χ4v) is 6.23. The summed E-state index contributed by atoms with van der Waals surface area (Å²) in [5, 5.41) is 33.7. The van der Waals surface area contributed by atoms with Crippen LogP contribution in [-0.4, -0.2) is 65.6 Å². The maximum atomic E-state index is 13.6. The van der Waals surface area contributed by atoms with Gasteiger partial charge in [-0.25, -0.2) is 4.57 Å². The Bertz CT molecular complexity index is 862. The summed E-state index contributed by atoms with van der Waals surface area (Å²) in [6, 6.07) is -0.775. The van der Waals surface area contributed by atoms with Crippen molar-refractivity contribution in [1.82, 2.24) is 5.32 Å². The number of carbonyl (C=O) groups is 1. The third kappa shape index (κ3) is 4.87. The van der Waals surface area contributed by atoms with E-state index in [1.165, 1.54) is 0 Å². The topological polar surface area (TPSA) is 153 Å². The number of ether oxygens (including phenoxy) is 2. The van der Waals surface area contributed by atoms with Crippen molar-refractivity contribution in [1.29, 1.82) is 0 Å². The van der Waals surface area contributed by atoms with Crippen molar-refractivity contribution in [3.63, 3.8) is 0 Å². The second-order valence-corrected chi connectivity index (χ2v) is 10.7. The van der Waals surface area contributed by atoms with Crippen LogP contribution in [0.4, 0.5) is 0 Å². The number of unbranched alkanes of at least 4 members (excludes halogenated alkanes) is 2. The molecule has 2 saturated heterocycles. The molecular weight excluding hydrogens is 469 g/mol. The van der Waals surface area contributed by atoms with E-state index in [9.17, 15) is 24.7 Å². The molecule has 0 spiro atoms. The number of carbonyl (C=O) groups excluding carboxylic acids is 1. The van der Waals surface area contributed by atoms with Gasteiger partial charge in [0, 0.05) is 5.92 Å². The molecule has 2 aliphatic heterocycles. The zero-order valence-corrected chi connectivity index (χ0v) is 20.3. The Morgan fingerprint density at radius 3 is 2.41 bits per heavy atom. The second kappa shape index (κ2) is 10.6. The number of fused-ring (bicyclic) bond motifs is 4. The van der Waals surface area contributed by atoms with E-state index in [0.29, 0.717) is 18.6 Å². The molecule has 1 amide bonds. The Labute approximate surface area is 198 Å². The Hall–Kier alpha value is -1.62. The largest absolute Gasteiger partial charge is 0.529 e. The highest BCUT2D eigenvalue weighted by molar-refractivity contribution is 7.48. The molecule has 1 saturated carbocycles. The minimum atomic E-state index is -4.10. The lowest BCUT2D eigenvalue weighted by atomic mass is 9.64. The van der Waals surface area contributed by atoms with E-state index in [2.05, 4.69) is 5.32 Å². The molecule has 0 aromatic carbocycles. The highest BCUT2D eigenvalue weighted by Gasteiger charge is 2.57. The molecule has 11 nitrogen and oxygen atoms in total. The number of phosphoric acid groups is 1. The molecule has 2 heterocycles. The SMILES string of the molecule is CCCCOP(=O)(OCCCC)OC1=C2OCOC2=CC2C1C(=O)N[C@@H]1C2C[C@H](O)[C@@H](O)[C@H]1O. The van der Waals surface area contributed by atoms with E-state index in [4.69, 9.17) is 23.0 Å². The molecule has 0 aromatic rings. The number of phosphoric ester groups is 1. The van der Waals surface area contributed by atoms with Crippen molar-refractivity contribution < 1.29 is 47.7 Å². The lowest BCUT2D eigenvalue weighted by Gasteiger charge is -2.49. The molecule has 4 N–H and O–H groups in total. The molecule has 0 radical (unpaired) electrons. The van der Waals surface area contributed by atoms with Gasteiger partial charge in [0.1, 0.15) is 18.1 Å². The molecule has 7 atom stereocenters. The summed E-state index contributed by atoms with van der Waals surface area (Å²) in [4.78, 5) is 13.2. The second-order valence-electron chi connectivity index (χ2n) is 9.08. The first-order valence-corrected chi connectivity index (χ1v) is 13.4. The third-order valence-electron chi connectivity index (χ3n) is 6.75. The zero-order valence-electron chi connectivity index (χ0n) is 19.4. The Balaban J connectivity index is 1.66. The van der Waals surface area contributed by atoms with Crippen molar-refractivity contribution in [2.24, 2.45) is 17.8 Å². The van der Waals surface area contributed by atoms with Gasteiger partial charge in [-0.15, -0.1) is 0 Å². The van der Waals surface area contributed by atoms with Gasteiger partial charge >= 0.3 is 7.82 Å². The van der Waals surface area contributed by atoms with Crippen molar-refractivity contribution in [2.45, 2.75) is 70.3 Å². The molecule has 4 rings (SSSR count). The molecule has 0 bridgehead atoms. The van der Waals surface area contributed by atoms with E-state index in [0.717, 1.165) is 12.8 Å². The maximum Gasteiger partial charge on any atom is 0.529 e. The normalized spacial score (nSPS) is 34.8. The summed E-state index contributed by atoms with van der Waals surface area (Å²) in [5.74, 6) is -1.98. The predicted molar refractivity (Wildman–Crippen MR) is 118 cm³/mol. The summed E-state index contributed by atoms with van der Waals surface area (Å²) in [7, 11) is -4.10. The standard InChI is InChI=1S/C22H34NO10P/c1-3-5-7-31-34(28,32-8-6-4-2)33-21-16-12(10-15-20(21)30-11-29-15)13-9-14(24)18(25)19(26)17(13)23-22(16)27/h10,12-14,16-19,24-26H,3-9,11H2,1-2H3,(H,23,27)/t12?,13?,14-,16?,17+,18+,19-/m0/s1. The Morgan fingerprint density at radius 1 is 1.09 bits per heavy atom. The van der Waals surface area contributed by atoms with Crippen molar-refractivity contribution in [2.75, 3.05) is 20.0 Å². The first-order chi connectivity index (χ1) is 16.3. The van der Waals surface area contributed by atoms with Gasteiger partial charge in [-0.05, 0) is 31.3 Å². The Morgan fingerprint density at radius 2 is 1.76 bits per heavy atom. The van der Waals surface area contributed by atoms with Crippen LogP contribution in [0.15, 0.2) is 23.4 Å². The summed E-state index contributed by atoms with van der Waals surface area (Å²) < 4.78 is 41.7. The number of hydrogen-bond donors (Lipinski definition) is 4. The molecule has 4 aliphatic rings. The highest BCUT2D eigenvalue weighted by atomic mass is 31.2. The first kappa shape index (κ1) is 25.5. The minimum absolute atomic E-state index is 0.0117. The molecule has 3 fully saturated rings. The molecule has 34 heavy (non-hydrogen) atoms. The number of aliphatic hydroxyl groups excluding tert-OH is 3. The number of nitrogens with one attached hydrogen (secondary N) is 1. The van der Waals surface area contributed by atoms with Crippen LogP contribution in [0.3, 0.4) is 0 Å². The van der Waals surface area contributed by atoms with Crippen LogP contribution in [0.5, 0.6) is 0 Å². The first-order valence-electron chi connectivity index (χ1n) is 11.9. The van der Waals surface area contributed by atoms with Crippen LogP contribution >= 0.6 is 7.82 Å². The average Bonchev–Trinajstić information content (AvgIpc) is 3.28. The van der Waals surface area contributed by atoms with Crippen LogP contribution in [0.25, 0.3) is 0 Å². The fourth-order valence-electron chi connectivity index (χ4n) is 4.91. The van der Waals surface area contributed by atoms with E-state index < -0.39 is 55.8 Å². The van der Waals surface area contributed by atoms with E-state index in [1.54, 1.807) is 6.08 Å². The quantitative estimate of drug-likeness (QED) is 0.256. The molecule has 2 aliphatic carbocycles. The summed E-state index contributed by atoms with van der Waals surface area (Å²) in [6.07, 6.45) is 0.907. The Kier molecular flexibility index (Phi) is 7.91. The van der Waals surface area contributed by atoms with Crippen LogP contribution in [-0.2, 0) is 32.4 Å². The number of amides is 1. The lowest BCUT2D eigenvalue weighted by Crippen LogP contribution is -2.66. The van der Waals surface area contributed by atoms with Gasteiger partial charge in [-0.1, -0.05) is 26.7 Å². The number of hydrogen-bond acceptors (Lipinski definition) is 10. The maximum absolute atomic E-state index is 13.6. The average molecular weight is 503 g/mol. The van der Waals surface area contributed by atoms with Gasteiger partial charge in [-0.3, -0.25) is 13.8 Å². The van der Waals surface area contributed by atoms with Crippen molar-refractivity contribution >= 4 is 13.7 Å². The molecule has 3 unspecified atom stereocenters. The van der Waals surface area contributed by atoms with Crippen molar-refractivity contribution in [3.8, 4) is 0 Å². The minimum Gasteiger partial charge on any atom is -0.454 e. The van der Waals surface area contributed by atoms with E-state index in [1.807, 2.05) is 13.8 Å². The van der Waals surface area contributed by atoms with Gasteiger partial charge < -0.3 is 34.6 Å². The van der Waals surface area contributed by atoms with Crippen LogP contribution in [0.1, 0.15) is 46.0 Å². The predicted octanol–water partition coefficient (Wildman–Crippen LogP) is 1.69. The molecular formula is C22H34NO10P. The number of piperidine rings is 1. The molecule has 192 valence electrons. The highest BCUT2D eigenvalue weighted by Crippen LogP contribution is 2.57. The smallest absolute Gasteiger partial charge is 0.454 e. The van der Waals surface area contributed by atoms with Gasteiger partial charge in [0.05, 0.1) is 25.4 Å². The van der Waals surface area contributed by atoms with Gasteiger partial charge in [0.15, 0.2) is 11.5 Å². The lowest BCUT2D eigenvalue weighted by molar-refractivity contribution is -0.153. The molecule has 12 heteroatoms. The third-order valence-corrected chi connectivity index (χ3v) is 8.17. The van der Waals surface area contributed by atoms with E-state index in [-0.39, 0.29) is 37.9 Å². The van der Waals surface area contributed by atoms with Crippen molar-refractivity contribution in [3.05, 3.63) is 23.4 Å². The van der Waals surface area contributed by atoms with Gasteiger partial charge in [-0.2, -0.15) is 0 Å². The van der Waals surface area contributed by atoms with Crippen LogP contribution < -0.4 is 5.32 Å². The van der Waals surface area contributed by atoms with Gasteiger partial charge in [0.25, 0.3) is 0 Å². The van der Waals surface area contributed by atoms with E-state index >= 15 is 0 Å². The van der Waals surface area contributed by atoms with Gasteiger partial charge in [0.2, 0.25) is 18.5 Å². The summed E-state index contributed by atoms with van der Waals surface area (Å²) in [6.45, 7) is 4.15. The zero-order chi connectivity index (χ0) is 24.5. The molecule has 0 aromatic heterocycles. The van der Waals surface area contributed by atoms with Crippen LogP contribution in [0, 0.1) is 17.8 Å². The number of aliphatic hydroxyl groups is 3. The van der Waals surface area contributed by atoms with Crippen LogP contribution in [0.2, 0.25) is 0 Å². The number of rotatable bonds is 10. The fraction of sp³-hybridized carbons (Fsp3) is 0.773. The number of allylic oxidation sites excluding steroid dienone is 1.